The monoisotopic (exact) mass is 214 g/mol. The van der Waals surface area contributed by atoms with Gasteiger partial charge in [0, 0.05) is 17.4 Å². The summed E-state index contributed by atoms with van der Waals surface area (Å²) in [6.07, 6.45) is 1.88. The highest BCUT2D eigenvalue weighted by Gasteiger charge is 2.28. The molecule has 4 nitrogen and oxygen atoms in total. The van der Waals surface area contributed by atoms with Gasteiger partial charge in [0.05, 0.1) is 13.0 Å². The smallest absolute Gasteiger partial charge is 0.234 e. The summed E-state index contributed by atoms with van der Waals surface area (Å²) in [6.45, 7) is 0.199. The van der Waals surface area contributed by atoms with Crippen molar-refractivity contribution in [2.45, 2.75) is 6.42 Å². The fourth-order valence-corrected chi connectivity index (χ4v) is 2.02. The van der Waals surface area contributed by atoms with E-state index in [1.807, 2.05) is 30.5 Å². The summed E-state index contributed by atoms with van der Waals surface area (Å²) < 4.78 is 0. The van der Waals surface area contributed by atoms with Crippen LogP contribution in [0.1, 0.15) is 6.42 Å². The van der Waals surface area contributed by atoms with Gasteiger partial charge in [-0.1, -0.05) is 6.07 Å². The quantitative estimate of drug-likeness (QED) is 0.731. The number of rotatable bonds is 1. The minimum absolute atomic E-state index is 0.0171. The first kappa shape index (κ1) is 9.15. The Morgan fingerprint density at radius 2 is 2.06 bits per heavy atom. The second-order valence-corrected chi connectivity index (χ2v) is 3.94. The van der Waals surface area contributed by atoms with Crippen LogP contribution in [-0.4, -0.2) is 23.2 Å². The molecule has 0 spiro atoms. The molecule has 0 aliphatic carbocycles. The first-order valence-electron chi connectivity index (χ1n) is 5.13. The minimum Gasteiger partial charge on any atom is -0.361 e. The highest BCUT2D eigenvalue weighted by molar-refractivity contribution is 6.15. The highest BCUT2D eigenvalue weighted by atomic mass is 16.2. The summed E-state index contributed by atoms with van der Waals surface area (Å²) in [5.41, 5.74) is 1.76. The molecule has 1 fully saturated rings. The van der Waals surface area contributed by atoms with E-state index in [0.29, 0.717) is 0 Å². The summed E-state index contributed by atoms with van der Waals surface area (Å²) in [6, 6.07) is 7.67. The number of carbonyl (C=O) groups is 2. The fourth-order valence-electron chi connectivity index (χ4n) is 2.02. The van der Waals surface area contributed by atoms with Crippen LogP contribution >= 0.6 is 0 Å². The molecule has 1 aromatic heterocycles. The van der Waals surface area contributed by atoms with E-state index in [0.717, 1.165) is 16.6 Å². The highest BCUT2D eigenvalue weighted by Crippen LogP contribution is 2.24. The zero-order valence-corrected chi connectivity index (χ0v) is 8.56. The van der Waals surface area contributed by atoms with Crippen molar-refractivity contribution in [3.05, 3.63) is 30.5 Å². The number of carbonyl (C=O) groups excluding carboxylic acids is 2. The van der Waals surface area contributed by atoms with Crippen LogP contribution in [0.2, 0.25) is 0 Å². The topological polar surface area (TPSA) is 53.2 Å². The van der Waals surface area contributed by atoms with Crippen LogP contribution in [0.25, 0.3) is 10.9 Å². The van der Waals surface area contributed by atoms with Gasteiger partial charge < -0.3 is 9.88 Å². The van der Waals surface area contributed by atoms with E-state index in [-0.39, 0.29) is 24.7 Å². The Bertz CT molecular complexity index is 585. The van der Waals surface area contributed by atoms with Gasteiger partial charge in [-0.05, 0) is 23.6 Å². The fraction of sp³-hybridized carbons (Fsp3) is 0.167. The van der Waals surface area contributed by atoms with E-state index in [4.69, 9.17) is 0 Å². The van der Waals surface area contributed by atoms with E-state index in [2.05, 4.69) is 4.98 Å². The predicted octanol–water partition coefficient (Wildman–Crippen LogP) is 1.47. The lowest BCUT2D eigenvalue weighted by molar-refractivity contribution is -0.121. The Morgan fingerprint density at radius 3 is 2.81 bits per heavy atom. The Hall–Kier alpha value is -2.10. The van der Waals surface area contributed by atoms with E-state index in [1.165, 1.54) is 4.90 Å². The maximum atomic E-state index is 11.6. The normalized spacial score (nSPS) is 16.4. The van der Waals surface area contributed by atoms with Crippen LogP contribution in [-0.2, 0) is 9.59 Å². The average molecular weight is 214 g/mol. The molecule has 0 bridgehead atoms. The van der Waals surface area contributed by atoms with Crippen LogP contribution in [0.5, 0.6) is 0 Å². The molecule has 0 saturated carbocycles. The second-order valence-electron chi connectivity index (χ2n) is 3.94. The first-order valence-corrected chi connectivity index (χ1v) is 5.13. The summed E-state index contributed by atoms with van der Waals surface area (Å²) in [4.78, 5) is 27.4. The van der Waals surface area contributed by atoms with Crippen LogP contribution in [0, 0.1) is 0 Å². The van der Waals surface area contributed by atoms with Gasteiger partial charge in [-0.15, -0.1) is 0 Å². The molecule has 80 valence electrons. The lowest BCUT2D eigenvalue weighted by Gasteiger charge is -2.14. The van der Waals surface area contributed by atoms with Gasteiger partial charge in [0.1, 0.15) is 0 Å². The maximum absolute atomic E-state index is 11.6. The van der Waals surface area contributed by atoms with Gasteiger partial charge in [0.25, 0.3) is 0 Å². The van der Waals surface area contributed by atoms with Gasteiger partial charge >= 0.3 is 0 Å². The zero-order valence-electron chi connectivity index (χ0n) is 8.56. The number of fused-ring (bicyclic) bond motifs is 1. The lowest BCUT2D eigenvalue weighted by atomic mass is 10.2. The molecule has 1 saturated heterocycles. The van der Waals surface area contributed by atoms with Gasteiger partial charge in [-0.2, -0.15) is 0 Å². The molecule has 1 amide bonds. The van der Waals surface area contributed by atoms with Crippen LogP contribution in [0.15, 0.2) is 30.5 Å². The van der Waals surface area contributed by atoms with E-state index in [9.17, 15) is 9.59 Å². The molecule has 2 aromatic rings. The van der Waals surface area contributed by atoms with Crippen molar-refractivity contribution in [3.63, 3.8) is 0 Å². The third-order valence-corrected chi connectivity index (χ3v) is 2.83. The number of hydrogen-bond acceptors (Lipinski definition) is 2. The van der Waals surface area contributed by atoms with Crippen LogP contribution in [0.3, 0.4) is 0 Å². The molecule has 1 N–H and O–H groups in total. The maximum Gasteiger partial charge on any atom is 0.234 e. The van der Waals surface area contributed by atoms with Gasteiger partial charge in [0.15, 0.2) is 5.78 Å². The molecule has 0 radical (unpaired) electrons. The minimum atomic E-state index is -0.115. The number of nitrogens with one attached hydrogen (secondary N) is 1. The van der Waals surface area contributed by atoms with Gasteiger partial charge in [-0.3, -0.25) is 9.59 Å². The summed E-state index contributed by atoms with van der Waals surface area (Å²) >= 11 is 0. The number of ketones is 1. The molecule has 4 heteroatoms. The van der Waals surface area contributed by atoms with Crippen molar-refractivity contribution in [3.8, 4) is 0 Å². The molecule has 2 heterocycles. The molecule has 1 aliphatic heterocycles. The summed E-state index contributed by atoms with van der Waals surface area (Å²) in [5.74, 6) is -0.132. The van der Waals surface area contributed by atoms with Crippen LogP contribution in [0.4, 0.5) is 5.69 Å². The van der Waals surface area contributed by atoms with Crippen molar-refractivity contribution in [2.24, 2.45) is 0 Å². The molecular formula is C12H10N2O2. The number of H-pyrrole nitrogens is 1. The molecule has 0 unspecified atom stereocenters. The summed E-state index contributed by atoms with van der Waals surface area (Å²) in [5, 5.41) is 1.10. The Kier molecular flexibility index (Phi) is 1.83. The SMILES string of the molecule is O=C1CC(=O)N(c2ccc3cc[nH]c3c2)C1. The number of benzene rings is 1. The molecule has 3 rings (SSSR count). The standard InChI is InChI=1S/C12H10N2O2/c15-10-6-12(16)14(7-10)9-2-1-8-3-4-13-11(8)5-9/h1-5,13H,6-7H2. The van der Waals surface area contributed by atoms with Crippen LogP contribution < -0.4 is 4.90 Å². The molecule has 0 atom stereocenters. The number of aromatic amines is 1. The zero-order chi connectivity index (χ0) is 11.1. The first-order chi connectivity index (χ1) is 7.74. The van der Waals surface area contributed by atoms with Gasteiger partial charge in [0.2, 0.25) is 5.91 Å². The number of anilines is 1. The third-order valence-electron chi connectivity index (χ3n) is 2.83. The number of Topliss-reactive ketones (excluding diaryl/α,β-unsaturated/α-hetero) is 1. The van der Waals surface area contributed by atoms with Gasteiger partial charge in [-0.25, -0.2) is 0 Å². The number of aromatic nitrogens is 1. The number of hydrogen-bond donors (Lipinski definition) is 1. The molecule has 1 aliphatic rings. The predicted molar refractivity (Wildman–Crippen MR) is 60.3 cm³/mol. The molecule has 16 heavy (non-hydrogen) atoms. The van der Waals surface area contributed by atoms with Crippen molar-refractivity contribution in [2.75, 3.05) is 11.4 Å². The third kappa shape index (κ3) is 1.31. The van der Waals surface area contributed by atoms with E-state index < -0.39 is 0 Å². The lowest BCUT2D eigenvalue weighted by Crippen LogP contribution is -2.24. The largest absolute Gasteiger partial charge is 0.361 e. The second kappa shape index (κ2) is 3.20. The Balaban J connectivity index is 2.05. The Labute approximate surface area is 91.9 Å². The number of nitrogens with zero attached hydrogens (tertiary/aromatic N) is 1. The Morgan fingerprint density at radius 1 is 1.19 bits per heavy atom. The van der Waals surface area contributed by atoms with Crippen molar-refractivity contribution in [1.82, 2.24) is 4.98 Å². The van der Waals surface area contributed by atoms with E-state index >= 15 is 0 Å². The molecule has 1 aromatic carbocycles. The molecular weight excluding hydrogens is 204 g/mol. The number of amides is 1. The van der Waals surface area contributed by atoms with Crippen molar-refractivity contribution >= 4 is 28.3 Å². The summed E-state index contributed by atoms with van der Waals surface area (Å²) in [7, 11) is 0. The van der Waals surface area contributed by atoms with E-state index in [1.54, 1.807) is 0 Å². The van der Waals surface area contributed by atoms with Crippen molar-refractivity contribution < 1.29 is 9.59 Å². The average Bonchev–Trinajstić information content (AvgIpc) is 2.83. The van der Waals surface area contributed by atoms with Crippen molar-refractivity contribution in [1.29, 1.82) is 0 Å².